The molecule has 3 atom stereocenters. The van der Waals surface area contributed by atoms with Crippen molar-refractivity contribution in [2.75, 3.05) is 73.8 Å². The number of piperidine rings is 3. The van der Waals surface area contributed by atoms with E-state index in [2.05, 4.69) is 69.6 Å². The Kier molecular flexibility index (Phi) is 33.7. The summed E-state index contributed by atoms with van der Waals surface area (Å²) in [6.45, 7) is 21.9. The number of hydrogen-bond acceptors (Lipinski definition) is 24. The SMILES string of the molecule is CC(C)(C)OC(=O)N[C@@H]1c2ccccc2OC12CCN(c1cnc([S-])cn1)CC2.CCOC(=O)CCSc1cnc(Cl)cn1.CCOC(=O)CCSc1cnc(N2CCC3(CC2)Oc2ccccc2[C@H]3NC(=O)OC(C)(C)C)cn1.Cl.Cl.N[C@@H]1c2ccccc2OC12CCNCC2.[B]C.[Na+]. The number of ether oxygens (including phenoxy) is 7. The average molecular weight is 1500 g/mol. The third-order valence-corrected chi connectivity index (χ3v) is 18.7. The standard InChI is InChI=1S/C26H34N4O5S.C21H26N4O3S.C12H16N2O.C9H11ClN2O2S.CH3B.2ClH.Na/c1-5-33-22(31)10-15-36-21-17-27-20(16-28-21)30-13-11-26(12-14-30)23(29-24(32)35-25(2,3)4)18-8-6-7-9-19(18)34-26;1-20(2,3)28-19(26)24-18-14-6-4-5-7-15(14)27-21(18)8-10-25(11-9-21)16-12-23-17(29)13-22-16;13-11-9-3-1-2-4-10(9)15-12(11)5-7-14-8-6-12;1-2-14-9(13)3-4-15-8-6-11-7(10)5-12-8;1-2;;;/h6-9,16-17,23H,5,10-15H2,1-4H3,(H,29,32);4-7,12-13,18H,8-11H2,1-3H3,(H,23,29)(H,24,26);1-4,11,14H,5-8,13H2;5-6H,2-4H2,1H3;1H3;2*1H;/q;;;;;;;+1/p-1/t23-;18-;11-;;;;;/m111...../s1. The van der Waals surface area contributed by atoms with Gasteiger partial charge < -0.3 is 77.3 Å². The van der Waals surface area contributed by atoms with Gasteiger partial charge in [0.05, 0.1) is 70.9 Å². The van der Waals surface area contributed by atoms with Gasteiger partial charge in [0.25, 0.3) is 0 Å². The molecule has 6 aromatic rings. The molecule has 3 aromatic heterocycles. The van der Waals surface area contributed by atoms with Crippen molar-refractivity contribution in [1.29, 1.82) is 0 Å². The van der Waals surface area contributed by atoms with E-state index in [-0.39, 0.29) is 90.0 Å². The van der Waals surface area contributed by atoms with E-state index in [4.69, 9.17) is 63.1 Å². The summed E-state index contributed by atoms with van der Waals surface area (Å²) in [6, 6.07) is 23.3. The number of nitrogens with one attached hydrogen (secondary N) is 3. The number of anilines is 2. The monoisotopic (exact) mass is 1500 g/mol. The van der Waals surface area contributed by atoms with Crippen LogP contribution >= 0.6 is 59.9 Å². The third kappa shape index (κ3) is 23.6. The van der Waals surface area contributed by atoms with Gasteiger partial charge in [-0.2, -0.15) is 0 Å². The van der Waals surface area contributed by atoms with Gasteiger partial charge in [0.15, 0.2) is 0 Å². The van der Waals surface area contributed by atoms with Crippen LogP contribution in [0.15, 0.2) is 125 Å². The molecule has 3 fully saturated rings. The molecule has 6 aliphatic heterocycles. The molecule has 100 heavy (non-hydrogen) atoms. The van der Waals surface area contributed by atoms with Gasteiger partial charge in [-0.1, -0.05) is 78.0 Å². The van der Waals surface area contributed by atoms with Crippen LogP contribution in [0.4, 0.5) is 21.2 Å². The Hall–Kier alpha value is -5.85. The number of carbonyl (C=O) groups excluding carboxylic acids is 4. The van der Waals surface area contributed by atoms with Crippen LogP contribution in [0.5, 0.6) is 17.2 Å². The predicted molar refractivity (Wildman–Crippen MR) is 392 cm³/mol. The van der Waals surface area contributed by atoms with E-state index in [9.17, 15) is 19.2 Å². The number of amides is 2. The van der Waals surface area contributed by atoms with E-state index in [1.807, 2.05) is 108 Å². The molecule has 0 unspecified atom stereocenters. The molecule has 23 nitrogen and oxygen atoms in total. The van der Waals surface area contributed by atoms with Crippen LogP contribution in [0.2, 0.25) is 12.0 Å². The first-order valence-electron chi connectivity index (χ1n) is 32.7. The summed E-state index contributed by atoms with van der Waals surface area (Å²) in [5, 5.41) is 11.9. The van der Waals surface area contributed by atoms with Crippen molar-refractivity contribution >= 4 is 116 Å². The number of nitrogens with zero attached hydrogens (tertiary/aromatic N) is 8. The first-order valence-corrected chi connectivity index (χ1v) is 35.5. The Morgan fingerprint density at radius 3 is 1.36 bits per heavy atom. The molecule has 9 heterocycles. The van der Waals surface area contributed by atoms with Crippen LogP contribution in [-0.4, -0.2) is 154 Å². The van der Waals surface area contributed by atoms with Crippen molar-refractivity contribution < 1.29 is 81.9 Å². The smallest absolute Gasteiger partial charge is 0.759 e. The largest absolute Gasteiger partial charge is 1.00 e. The number of esters is 2. The minimum atomic E-state index is -0.582. The number of fused-ring (bicyclic) bond motifs is 3. The van der Waals surface area contributed by atoms with Gasteiger partial charge in [0.1, 0.15) is 84.2 Å². The number of halogens is 3. The molecule has 31 heteroatoms. The van der Waals surface area contributed by atoms with Gasteiger partial charge in [-0.05, 0) is 86.7 Å². The minimum absolute atomic E-state index is 0. The fraction of sp³-hybridized carbons (Fsp3) is 0.507. The molecule has 0 saturated carbocycles. The number of benzene rings is 3. The molecule has 12 rings (SSSR count). The van der Waals surface area contributed by atoms with E-state index in [0.717, 1.165) is 102 Å². The number of para-hydroxylation sites is 3. The summed E-state index contributed by atoms with van der Waals surface area (Å²) in [7, 11) is 4.50. The molecule has 5 N–H and O–H groups in total. The van der Waals surface area contributed by atoms with Crippen LogP contribution in [0.1, 0.15) is 142 Å². The summed E-state index contributed by atoms with van der Waals surface area (Å²) in [5.74, 6) is 5.05. The van der Waals surface area contributed by atoms with Crippen molar-refractivity contribution in [2.45, 2.75) is 175 Å². The van der Waals surface area contributed by atoms with E-state index in [0.29, 0.717) is 73.7 Å². The maximum atomic E-state index is 12.7. The molecule has 2 amide bonds. The second-order valence-corrected chi connectivity index (χ2v) is 28.4. The molecular weight excluding hydrogens is 1410 g/mol. The second kappa shape index (κ2) is 39.7. The van der Waals surface area contributed by atoms with Crippen LogP contribution in [-0.2, 0) is 41.2 Å². The van der Waals surface area contributed by atoms with Crippen molar-refractivity contribution in [3.05, 3.63) is 132 Å². The summed E-state index contributed by atoms with van der Waals surface area (Å²) in [5.41, 5.74) is 7.08. The summed E-state index contributed by atoms with van der Waals surface area (Å²) in [4.78, 5) is 77.6. The maximum absolute atomic E-state index is 12.7. The molecule has 6 aliphatic rings. The van der Waals surface area contributed by atoms with Gasteiger partial charge in [-0.25, -0.2) is 34.5 Å². The van der Waals surface area contributed by atoms with Gasteiger partial charge in [-0.15, -0.1) is 48.3 Å². The molecule has 0 bridgehead atoms. The van der Waals surface area contributed by atoms with E-state index < -0.39 is 34.6 Å². The average Bonchev–Trinajstić information content (AvgIpc) is 1.61. The van der Waals surface area contributed by atoms with Gasteiger partial charge in [0, 0.05) is 99.1 Å². The second-order valence-electron chi connectivity index (χ2n) is 25.4. The number of nitrogens with two attached hydrogens (primary N) is 1. The maximum Gasteiger partial charge on any atom is 1.00 e. The zero-order valence-electron chi connectivity index (χ0n) is 58.5. The zero-order valence-corrected chi connectivity index (χ0v) is 65.3. The number of hydrogen-bond donors (Lipinski definition) is 4. The molecule has 0 aliphatic carbocycles. The summed E-state index contributed by atoms with van der Waals surface area (Å²) in [6.07, 6.45) is 14.6. The van der Waals surface area contributed by atoms with E-state index >= 15 is 0 Å². The Labute approximate surface area is 642 Å². The van der Waals surface area contributed by atoms with Gasteiger partial charge >= 0.3 is 53.7 Å². The topological polar surface area (TPSA) is 279 Å². The minimum Gasteiger partial charge on any atom is -0.759 e. The molecular formula is C69H91BCl3N12NaO11S3. The van der Waals surface area contributed by atoms with Crippen LogP contribution < -0.4 is 75.3 Å². The van der Waals surface area contributed by atoms with Crippen LogP contribution in [0.25, 0.3) is 0 Å². The molecule has 536 valence electrons. The van der Waals surface area contributed by atoms with Crippen molar-refractivity contribution in [1.82, 2.24) is 45.9 Å². The Morgan fingerprint density at radius 2 is 0.980 bits per heavy atom. The zero-order chi connectivity index (χ0) is 69.8. The third-order valence-electron chi connectivity index (χ3n) is 16.5. The van der Waals surface area contributed by atoms with Crippen LogP contribution in [0.3, 0.4) is 0 Å². The number of alkyl carbamates (subject to hydrolysis) is 2. The predicted octanol–water partition coefficient (Wildman–Crippen LogP) is 9.33. The Morgan fingerprint density at radius 1 is 0.590 bits per heavy atom. The summed E-state index contributed by atoms with van der Waals surface area (Å²) < 4.78 is 39.8. The first kappa shape index (κ1) is 84.8. The van der Waals surface area contributed by atoms with E-state index in [1.165, 1.54) is 42.1 Å². The molecule has 2 radical (unpaired) electrons. The normalized spacial score (nSPS) is 18.1. The van der Waals surface area contributed by atoms with Gasteiger partial charge in [0.2, 0.25) is 0 Å². The quantitative estimate of drug-likeness (QED) is 0.0260. The fourth-order valence-electron chi connectivity index (χ4n) is 12.0. The van der Waals surface area contributed by atoms with Crippen LogP contribution in [0, 0.1) is 0 Å². The molecule has 3 saturated heterocycles. The van der Waals surface area contributed by atoms with Crippen molar-refractivity contribution in [3.8, 4) is 17.2 Å². The number of carbonyl (C=O) groups is 4. The van der Waals surface area contributed by atoms with Gasteiger partial charge in [-0.3, -0.25) is 14.6 Å². The van der Waals surface area contributed by atoms with Crippen molar-refractivity contribution in [3.63, 3.8) is 0 Å². The summed E-state index contributed by atoms with van der Waals surface area (Å²) >= 11 is 13.5. The number of rotatable bonds is 14. The fourth-order valence-corrected chi connectivity index (χ4v) is 13.7. The Balaban J connectivity index is 0.000000251. The molecule has 3 aromatic carbocycles. The van der Waals surface area contributed by atoms with E-state index in [1.54, 1.807) is 44.8 Å². The first-order chi connectivity index (χ1) is 46.5. The number of aromatic nitrogens is 6. The Bertz CT molecular complexity index is 3540. The van der Waals surface area contributed by atoms with Crippen molar-refractivity contribution in [2.24, 2.45) is 5.73 Å². The number of thioether (sulfide) groups is 2. The molecule has 3 spiro atoms.